The fraction of sp³-hybridized carbons (Fsp3) is 0.444. The molecule has 1 N–H and O–H groups in total. The van der Waals surface area contributed by atoms with Crippen LogP contribution < -0.4 is 10.1 Å². The lowest BCUT2D eigenvalue weighted by atomic mass is 10.0. The Bertz CT molecular complexity index is 723. The molecule has 24 heavy (non-hydrogen) atoms. The number of rotatable bonds is 6. The lowest BCUT2D eigenvalue weighted by Gasteiger charge is -2.12. The highest BCUT2D eigenvalue weighted by Crippen LogP contribution is 2.33. The largest absolute Gasteiger partial charge is 0.495 e. The number of nitrogens with zero attached hydrogens (tertiary/aromatic N) is 2. The summed E-state index contributed by atoms with van der Waals surface area (Å²) in [5.74, 6) is 0.586. The van der Waals surface area contributed by atoms with Gasteiger partial charge in [0.1, 0.15) is 5.75 Å². The lowest BCUT2D eigenvalue weighted by molar-refractivity contribution is 0.160. The number of carbonyl (C=O) groups is 1. The Morgan fingerprint density at radius 2 is 2.08 bits per heavy atom. The van der Waals surface area contributed by atoms with Gasteiger partial charge in [0.15, 0.2) is 0 Å². The number of anilines is 1. The highest BCUT2D eigenvalue weighted by Gasteiger charge is 2.15. The standard InChI is InChI=1S/C18H25N3O3/c1-6-7-10-24-18(22)19-15-9-8-14(11-16(15)23-5)17-12(2)20-21(4)13(17)3/h8-9,11H,6-7,10H2,1-5H3,(H,19,22). The second-order valence-electron chi connectivity index (χ2n) is 5.70. The number of aromatic nitrogens is 2. The van der Waals surface area contributed by atoms with Crippen LogP contribution in [0, 0.1) is 13.8 Å². The maximum absolute atomic E-state index is 11.8. The predicted molar refractivity (Wildman–Crippen MR) is 94.5 cm³/mol. The third-order valence-corrected chi connectivity index (χ3v) is 3.97. The molecular weight excluding hydrogens is 306 g/mol. The van der Waals surface area contributed by atoms with Gasteiger partial charge in [-0.05, 0) is 38.0 Å². The molecule has 0 aliphatic carbocycles. The summed E-state index contributed by atoms with van der Waals surface area (Å²) in [5, 5.41) is 7.17. The average molecular weight is 331 g/mol. The van der Waals surface area contributed by atoms with Crippen LogP contribution in [-0.4, -0.2) is 29.6 Å². The molecule has 6 nitrogen and oxygen atoms in total. The van der Waals surface area contributed by atoms with E-state index in [0.29, 0.717) is 18.0 Å². The SMILES string of the molecule is CCCCOC(=O)Nc1ccc(-c2c(C)nn(C)c2C)cc1OC. The summed E-state index contributed by atoms with van der Waals surface area (Å²) in [6.45, 7) is 6.47. The molecule has 0 fully saturated rings. The third kappa shape index (κ3) is 3.88. The van der Waals surface area contributed by atoms with E-state index in [9.17, 15) is 4.79 Å². The van der Waals surface area contributed by atoms with E-state index in [-0.39, 0.29) is 0 Å². The van der Waals surface area contributed by atoms with Gasteiger partial charge in [-0.15, -0.1) is 0 Å². The van der Waals surface area contributed by atoms with Crippen molar-refractivity contribution in [2.45, 2.75) is 33.6 Å². The lowest BCUT2D eigenvalue weighted by Crippen LogP contribution is -2.15. The fourth-order valence-corrected chi connectivity index (χ4v) is 2.60. The molecule has 0 radical (unpaired) electrons. The first-order chi connectivity index (χ1) is 11.5. The quantitative estimate of drug-likeness (QED) is 0.811. The summed E-state index contributed by atoms with van der Waals surface area (Å²) in [6, 6.07) is 5.67. The molecule has 0 saturated heterocycles. The van der Waals surface area contributed by atoms with Crippen LogP contribution in [-0.2, 0) is 11.8 Å². The molecule has 0 saturated carbocycles. The van der Waals surface area contributed by atoms with Crippen LogP contribution in [0.4, 0.5) is 10.5 Å². The summed E-state index contributed by atoms with van der Waals surface area (Å²) in [6.07, 6.45) is 1.36. The van der Waals surface area contributed by atoms with E-state index in [1.165, 1.54) is 0 Å². The molecule has 1 aromatic heterocycles. The Labute approximate surface area is 142 Å². The van der Waals surface area contributed by atoms with E-state index in [4.69, 9.17) is 9.47 Å². The van der Waals surface area contributed by atoms with E-state index in [1.54, 1.807) is 7.11 Å². The summed E-state index contributed by atoms with van der Waals surface area (Å²) < 4.78 is 12.4. The minimum atomic E-state index is -0.469. The van der Waals surface area contributed by atoms with E-state index >= 15 is 0 Å². The maximum atomic E-state index is 11.8. The van der Waals surface area contributed by atoms with Crippen molar-refractivity contribution in [3.8, 4) is 16.9 Å². The van der Waals surface area contributed by atoms with Gasteiger partial charge in [0.25, 0.3) is 0 Å². The van der Waals surface area contributed by atoms with Crippen molar-refractivity contribution in [3.63, 3.8) is 0 Å². The highest BCUT2D eigenvalue weighted by atomic mass is 16.5. The van der Waals surface area contributed by atoms with Crippen LogP contribution in [0.2, 0.25) is 0 Å². The van der Waals surface area contributed by atoms with Crippen LogP contribution in [0.5, 0.6) is 5.75 Å². The second-order valence-corrected chi connectivity index (χ2v) is 5.70. The number of hydrogen-bond acceptors (Lipinski definition) is 4. The number of ether oxygens (including phenoxy) is 2. The zero-order valence-corrected chi connectivity index (χ0v) is 15.0. The summed E-state index contributed by atoms with van der Waals surface area (Å²) >= 11 is 0. The van der Waals surface area contributed by atoms with Crippen molar-refractivity contribution in [3.05, 3.63) is 29.6 Å². The Balaban J connectivity index is 2.23. The second kappa shape index (κ2) is 7.86. The van der Waals surface area contributed by atoms with Crippen molar-refractivity contribution in [1.82, 2.24) is 9.78 Å². The summed E-state index contributed by atoms with van der Waals surface area (Å²) in [5.41, 5.74) is 4.70. The molecule has 0 atom stereocenters. The van der Waals surface area contributed by atoms with Crippen molar-refractivity contribution < 1.29 is 14.3 Å². The third-order valence-electron chi connectivity index (χ3n) is 3.97. The van der Waals surface area contributed by atoms with E-state index < -0.39 is 6.09 Å². The highest BCUT2D eigenvalue weighted by molar-refractivity contribution is 5.88. The number of unbranched alkanes of at least 4 members (excludes halogenated alkanes) is 1. The maximum Gasteiger partial charge on any atom is 0.411 e. The van der Waals surface area contributed by atoms with Gasteiger partial charge in [-0.2, -0.15) is 5.10 Å². The molecular formula is C18H25N3O3. The van der Waals surface area contributed by atoms with Crippen LogP contribution in [0.1, 0.15) is 31.2 Å². The van der Waals surface area contributed by atoms with Gasteiger partial charge in [0, 0.05) is 18.3 Å². The molecule has 2 aromatic rings. The van der Waals surface area contributed by atoms with E-state index in [0.717, 1.165) is 35.4 Å². The number of carbonyl (C=O) groups excluding carboxylic acids is 1. The fourth-order valence-electron chi connectivity index (χ4n) is 2.60. The van der Waals surface area contributed by atoms with Crippen LogP contribution in [0.25, 0.3) is 11.1 Å². The Hall–Kier alpha value is -2.50. The molecule has 0 unspecified atom stereocenters. The van der Waals surface area contributed by atoms with Gasteiger partial charge >= 0.3 is 6.09 Å². The Morgan fingerprint density at radius 1 is 1.33 bits per heavy atom. The zero-order valence-electron chi connectivity index (χ0n) is 15.0. The monoisotopic (exact) mass is 331 g/mol. The van der Waals surface area contributed by atoms with Gasteiger partial charge in [-0.1, -0.05) is 19.4 Å². The first kappa shape index (κ1) is 17.8. The van der Waals surface area contributed by atoms with Gasteiger partial charge in [-0.3, -0.25) is 10.00 Å². The number of aryl methyl sites for hydroxylation is 2. The minimum Gasteiger partial charge on any atom is -0.495 e. The smallest absolute Gasteiger partial charge is 0.411 e. The predicted octanol–water partition coefficient (Wildman–Crippen LogP) is 4.06. The van der Waals surface area contributed by atoms with Crippen molar-refractivity contribution in [2.75, 3.05) is 19.0 Å². The van der Waals surface area contributed by atoms with Gasteiger partial charge < -0.3 is 9.47 Å². The van der Waals surface area contributed by atoms with Crippen molar-refractivity contribution >= 4 is 11.8 Å². The van der Waals surface area contributed by atoms with E-state index in [1.807, 2.05) is 50.7 Å². The first-order valence-corrected chi connectivity index (χ1v) is 8.10. The van der Waals surface area contributed by atoms with Gasteiger partial charge in [0.05, 0.1) is 25.1 Å². The normalized spacial score (nSPS) is 10.5. The Kier molecular flexibility index (Phi) is 5.84. The topological polar surface area (TPSA) is 65.4 Å². The summed E-state index contributed by atoms with van der Waals surface area (Å²) in [4.78, 5) is 11.8. The van der Waals surface area contributed by atoms with Crippen molar-refractivity contribution in [2.24, 2.45) is 7.05 Å². The van der Waals surface area contributed by atoms with Crippen LogP contribution in [0.3, 0.4) is 0 Å². The zero-order chi connectivity index (χ0) is 17.7. The average Bonchev–Trinajstić information content (AvgIpc) is 2.81. The van der Waals surface area contributed by atoms with Crippen LogP contribution >= 0.6 is 0 Å². The van der Waals surface area contributed by atoms with Gasteiger partial charge in [-0.25, -0.2) is 4.79 Å². The number of methoxy groups -OCH3 is 1. The number of benzene rings is 1. The minimum absolute atomic E-state index is 0.413. The molecule has 2 rings (SSSR count). The number of hydrogen-bond donors (Lipinski definition) is 1. The first-order valence-electron chi connectivity index (χ1n) is 8.10. The van der Waals surface area contributed by atoms with E-state index in [2.05, 4.69) is 10.4 Å². The van der Waals surface area contributed by atoms with Crippen molar-refractivity contribution in [1.29, 1.82) is 0 Å². The molecule has 130 valence electrons. The molecule has 1 heterocycles. The molecule has 0 bridgehead atoms. The molecule has 1 amide bonds. The van der Waals surface area contributed by atoms with Gasteiger partial charge in [0.2, 0.25) is 0 Å². The molecule has 0 spiro atoms. The Morgan fingerprint density at radius 3 is 2.67 bits per heavy atom. The molecule has 0 aliphatic rings. The number of nitrogens with one attached hydrogen (secondary N) is 1. The van der Waals surface area contributed by atoms with Crippen LogP contribution in [0.15, 0.2) is 18.2 Å². The molecule has 6 heteroatoms. The number of amides is 1. The molecule has 0 aliphatic heterocycles. The summed E-state index contributed by atoms with van der Waals surface area (Å²) in [7, 11) is 3.50. The molecule has 1 aromatic carbocycles.